The second-order valence-electron chi connectivity index (χ2n) is 12.1. The van der Waals surface area contributed by atoms with Gasteiger partial charge in [0.15, 0.2) is 0 Å². The van der Waals surface area contributed by atoms with Gasteiger partial charge in [-0.1, -0.05) is 13.0 Å². The summed E-state index contributed by atoms with van der Waals surface area (Å²) in [5.41, 5.74) is 1.87. The first-order chi connectivity index (χ1) is 20.4. The summed E-state index contributed by atoms with van der Waals surface area (Å²) in [7, 11) is 0. The third-order valence-electron chi connectivity index (χ3n) is 9.67. The number of nitriles is 1. The smallest absolute Gasteiger partial charge is 0.318 e. The second kappa shape index (κ2) is 10.4. The molecule has 4 aliphatic heterocycles. The first-order valence-corrected chi connectivity index (χ1v) is 15.1. The number of ether oxygens (including phenoxy) is 1. The predicted octanol–water partition coefficient (Wildman–Crippen LogP) is 4.94. The van der Waals surface area contributed by atoms with Crippen LogP contribution in [0.3, 0.4) is 0 Å². The number of hydrogen-bond donors (Lipinski definition) is 1. The van der Waals surface area contributed by atoms with Crippen LogP contribution in [0.2, 0.25) is 0 Å². The Bertz CT molecular complexity index is 1610. The third-order valence-corrected chi connectivity index (χ3v) is 9.67. The SMILES string of the molecule is CCc1c(F)ccc2cc(O)cc(N3Cc4nc(OCC56CCCN5CCC6)nc(N5CCCC(C#N)C5)c4C3=O)c12. The molecule has 1 amide bonds. The lowest BCUT2D eigenvalue weighted by Crippen LogP contribution is -2.43. The predicted molar refractivity (Wildman–Crippen MR) is 156 cm³/mol. The summed E-state index contributed by atoms with van der Waals surface area (Å²) in [6.07, 6.45) is 6.56. The van der Waals surface area contributed by atoms with E-state index in [4.69, 9.17) is 14.7 Å². The van der Waals surface area contributed by atoms with E-state index in [0.29, 0.717) is 65.2 Å². The van der Waals surface area contributed by atoms with E-state index in [1.807, 2.05) is 11.8 Å². The Balaban J connectivity index is 1.30. The van der Waals surface area contributed by atoms with E-state index in [2.05, 4.69) is 11.0 Å². The lowest BCUT2D eigenvalue weighted by Gasteiger charge is -2.32. The molecule has 42 heavy (non-hydrogen) atoms. The van der Waals surface area contributed by atoms with Gasteiger partial charge in [-0.3, -0.25) is 9.69 Å². The molecule has 0 spiro atoms. The molecule has 4 aliphatic rings. The number of halogens is 1. The van der Waals surface area contributed by atoms with Crippen molar-refractivity contribution in [2.45, 2.75) is 64.0 Å². The van der Waals surface area contributed by atoms with Gasteiger partial charge >= 0.3 is 6.01 Å². The van der Waals surface area contributed by atoms with E-state index >= 15 is 0 Å². The van der Waals surface area contributed by atoms with Crippen molar-refractivity contribution in [1.29, 1.82) is 5.26 Å². The number of hydrogen-bond acceptors (Lipinski definition) is 8. The lowest BCUT2D eigenvalue weighted by atomic mass is 9.95. The Morgan fingerprint density at radius 1 is 1.17 bits per heavy atom. The number of carbonyl (C=O) groups excluding carboxylic acids is 1. The number of aryl methyl sites for hydroxylation is 1. The molecule has 2 aromatic carbocycles. The van der Waals surface area contributed by atoms with Crippen molar-refractivity contribution in [2.24, 2.45) is 5.92 Å². The van der Waals surface area contributed by atoms with E-state index in [0.717, 1.165) is 51.6 Å². The number of aromatic nitrogens is 2. The topological polar surface area (TPSA) is 106 Å². The summed E-state index contributed by atoms with van der Waals surface area (Å²) in [5, 5.41) is 21.5. The first kappa shape index (κ1) is 26.9. The average Bonchev–Trinajstić information content (AvgIpc) is 3.68. The zero-order chi connectivity index (χ0) is 29.0. The molecule has 1 unspecified atom stereocenters. The second-order valence-corrected chi connectivity index (χ2v) is 12.1. The number of amides is 1. The summed E-state index contributed by atoms with van der Waals surface area (Å²) < 4.78 is 21.3. The lowest BCUT2D eigenvalue weighted by molar-refractivity contribution is 0.0996. The molecule has 1 N–H and O–H groups in total. The van der Waals surface area contributed by atoms with Crippen LogP contribution in [0.1, 0.15) is 67.1 Å². The largest absolute Gasteiger partial charge is 0.508 e. The first-order valence-electron chi connectivity index (χ1n) is 15.1. The minimum Gasteiger partial charge on any atom is -0.508 e. The molecule has 218 valence electrons. The maximum atomic E-state index is 14.9. The van der Waals surface area contributed by atoms with Crippen LogP contribution in [0.5, 0.6) is 11.8 Å². The fourth-order valence-corrected chi connectivity index (χ4v) is 7.62. The normalized spacial score (nSPS) is 21.5. The fourth-order valence-electron chi connectivity index (χ4n) is 7.62. The number of benzene rings is 2. The monoisotopic (exact) mass is 570 g/mol. The molecule has 0 bridgehead atoms. The van der Waals surface area contributed by atoms with Crippen LogP contribution < -0.4 is 14.5 Å². The quantitative estimate of drug-likeness (QED) is 0.444. The number of phenolic OH excluding ortho intramolecular Hbond substituents is 1. The molecule has 3 fully saturated rings. The highest BCUT2D eigenvalue weighted by atomic mass is 19.1. The summed E-state index contributed by atoms with van der Waals surface area (Å²) in [5.74, 6) is -0.326. The van der Waals surface area contributed by atoms with Gasteiger partial charge in [0.25, 0.3) is 5.91 Å². The van der Waals surface area contributed by atoms with Crippen molar-refractivity contribution in [3.8, 4) is 17.8 Å². The van der Waals surface area contributed by atoms with Gasteiger partial charge in [0.1, 0.15) is 29.6 Å². The Morgan fingerprint density at radius 2 is 1.98 bits per heavy atom. The van der Waals surface area contributed by atoms with Gasteiger partial charge < -0.3 is 19.6 Å². The van der Waals surface area contributed by atoms with Crippen molar-refractivity contribution in [3.05, 3.63) is 46.9 Å². The maximum Gasteiger partial charge on any atom is 0.318 e. The van der Waals surface area contributed by atoms with Gasteiger partial charge in [-0.05, 0) is 81.1 Å². The number of anilines is 2. The van der Waals surface area contributed by atoms with Crippen molar-refractivity contribution in [1.82, 2.24) is 14.9 Å². The van der Waals surface area contributed by atoms with E-state index in [9.17, 15) is 19.6 Å². The van der Waals surface area contributed by atoms with Gasteiger partial charge in [-0.2, -0.15) is 15.2 Å². The van der Waals surface area contributed by atoms with Crippen LogP contribution in [0.4, 0.5) is 15.9 Å². The highest BCUT2D eigenvalue weighted by Crippen LogP contribution is 2.42. The van der Waals surface area contributed by atoms with Crippen LogP contribution in [0.25, 0.3) is 10.8 Å². The van der Waals surface area contributed by atoms with Gasteiger partial charge in [-0.15, -0.1) is 0 Å². The third kappa shape index (κ3) is 4.33. The number of phenols is 1. The van der Waals surface area contributed by atoms with Gasteiger partial charge in [0, 0.05) is 24.5 Å². The zero-order valence-corrected chi connectivity index (χ0v) is 23.9. The molecule has 3 saturated heterocycles. The van der Waals surface area contributed by atoms with E-state index in [1.165, 1.54) is 12.1 Å². The van der Waals surface area contributed by atoms with Crippen LogP contribution in [0, 0.1) is 23.1 Å². The van der Waals surface area contributed by atoms with Crippen LogP contribution >= 0.6 is 0 Å². The maximum absolute atomic E-state index is 14.9. The zero-order valence-electron chi connectivity index (χ0n) is 23.9. The molecule has 1 atom stereocenters. The Labute approximate surface area is 244 Å². The van der Waals surface area contributed by atoms with Crippen molar-refractivity contribution in [3.63, 3.8) is 0 Å². The highest BCUT2D eigenvalue weighted by molar-refractivity contribution is 6.16. The molecular weight excluding hydrogens is 535 g/mol. The molecule has 0 radical (unpaired) electrons. The minimum absolute atomic E-state index is 0.00456. The summed E-state index contributed by atoms with van der Waals surface area (Å²) in [4.78, 5) is 29.9. The molecule has 5 heterocycles. The number of rotatable bonds is 6. The summed E-state index contributed by atoms with van der Waals surface area (Å²) >= 11 is 0. The van der Waals surface area contributed by atoms with Crippen LogP contribution in [-0.2, 0) is 13.0 Å². The standard InChI is InChI=1S/C32H35FN6O3/c1-2-23-24(33)8-7-21-14-22(40)15-26(27(21)23)39-18-25-28(30(39)41)29(37-11-3-6-20(16-34)17-37)36-31(35-25)42-19-32-9-4-12-38(32)13-5-10-32/h7-8,14-15,20,40H,2-6,9-13,17-19H2,1H3. The van der Waals surface area contributed by atoms with Crippen molar-refractivity contribution < 1.29 is 19.0 Å². The molecule has 1 aromatic heterocycles. The number of nitrogens with zero attached hydrogens (tertiary/aromatic N) is 6. The molecule has 0 saturated carbocycles. The highest BCUT2D eigenvalue weighted by Gasteiger charge is 2.45. The molecule has 9 nitrogen and oxygen atoms in total. The van der Waals surface area contributed by atoms with E-state index in [-0.39, 0.29) is 41.5 Å². The Kier molecular flexibility index (Phi) is 6.65. The molecule has 10 heteroatoms. The van der Waals surface area contributed by atoms with Crippen LogP contribution in [-0.4, -0.2) is 64.2 Å². The van der Waals surface area contributed by atoms with Crippen LogP contribution in [0.15, 0.2) is 24.3 Å². The number of carbonyl (C=O) groups is 1. The van der Waals surface area contributed by atoms with Gasteiger partial charge in [0.2, 0.25) is 0 Å². The van der Waals surface area contributed by atoms with Gasteiger partial charge in [0.05, 0.1) is 35.5 Å². The minimum atomic E-state index is -0.347. The van der Waals surface area contributed by atoms with Crippen molar-refractivity contribution in [2.75, 3.05) is 42.6 Å². The molecule has 0 aliphatic carbocycles. The van der Waals surface area contributed by atoms with E-state index in [1.54, 1.807) is 17.0 Å². The molecule has 3 aromatic rings. The molecule has 7 rings (SSSR count). The van der Waals surface area contributed by atoms with Gasteiger partial charge in [-0.25, -0.2) is 4.39 Å². The summed E-state index contributed by atoms with van der Waals surface area (Å²) in [6.45, 7) is 5.84. The average molecular weight is 571 g/mol. The Morgan fingerprint density at radius 3 is 2.74 bits per heavy atom. The van der Waals surface area contributed by atoms with Crippen molar-refractivity contribution >= 4 is 28.2 Å². The Hall–Kier alpha value is -3.97. The van der Waals surface area contributed by atoms with E-state index < -0.39 is 0 Å². The number of aromatic hydroxyl groups is 1. The number of piperidine rings is 1. The molecular formula is C32H35FN6O3. The fraction of sp³-hybridized carbons (Fsp3) is 0.500. The summed E-state index contributed by atoms with van der Waals surface area (Å²) in [6, 6.07) is 8.76. The number of fused-ring (bicyclic) bond motifs is 3.